The Morgan fingerprint density at radius 2 is 0.659 bits per heavy atom. The molecule has 0 aliphatic heterocycles. The first-order chi connectivity index (χ1) is 21.9. The van der Waals surface area contributed by atoms with Crippen LogP contribution in [0.5, 0.6) is 0 Å². The largest absolute Gasteiger partial charge is 0.0622 e. The van der Waals surface area contributed by atoms with Crippen LogP contribution in [-0.2, 0) is 0 Å². The summed E-state index contributed by atoms with van der Waals surface area (Å²) in [5, 5.41) is 5.22. The summed E-state index contributed by atoms with van der Waals surface area (Å²) in [6, 6.07) is 62.1. The summed E-state index contributed by atoms with van der Waals surface area (Å²) in [6.07, 6.45) is 0. The Morgan fingerprint density at radius 3 is 1.27 bits per heavy atom. The molecule has 9 rings (SSSR count). The second kappa shape index (κ2) is 9.93. The molecule has 0 nitrogen and oxygen atoms in total. The molecule has 0 aromatic heterocycles. The monoisotopic (exact) mass is 556 g/mol. The highest BCUT2D eigenvalue weighted by Crippen LogP contribution is 2.60. The zero-order valence-corrected chi connectivity index (χ0v) is 24.2. The molecule has 0 heteroatoms. The maximum Gasteiger partial charge on any atom is -0.000116 e. The van der Waals surface area contributed by atoms with Crippen molar-refractivity contribution in [3.8, 4) is 66.8 Å². The van der Waals surface area contributed by atoms with E-state index in [-0.39, 0.29) is 0 Å². The Hall–Kier alpha value is -5.72. The van der Waals surface area contributed by atoms with Gasteiger partial charge in [0, 0.05) is 0 Å². The van der Waals surface area contributed by atoms with Crippen LogP contribution in [0.3, 0.4) is 0 Å². The molecule has 0 bridgehead atoms. The molecule has 0 fully saturated rings. The Kier molecular flexibility index (Phi) is 5.61. The molecule has 0 radical (unpaired) electrons. The molecule has 204 valence electrons. The van der Waals surface area contributed by atoms with E-state index in [0.29, 0.717) is 0 Å². The molecule has 1 aliphatic rings. The summed E-state index contributed by atoms with van der Waals surface area (Å²) >= 11 is 0. The van der Waals surface area contributed by atoms with Crippen LogP contribution in [0.1, 0.15) is 0 Å². The van der Waals surface area contributed by atoms with Gasteiger partial charge in [-0.3, -0.25) is 0 Å². The van der Waals surface area contributed by atoms with Crippen LogP contribution in [0.25, 0.3) is 88.3 Å². The van der Waals surface area contributed by atoms with Gasteiger partial charge in [-0.05, 0) is 88.3 Å². The van der Waals surface area contributed by atoms with Crippen molar-refractivity contribution in [1.29, 1.82) is 0 Å². The molecule has 0 saturated heterocycles. The first kappa shape index (κ1) is 24.8. The van der Waals surface area contributed by atoms with Crippen LogP contribution in [0, 0.1) is 0 Å². The summed E-state index contributed by atoms with van der Waals surface area (Å²) in [5.41, 5.74) is 15.3. The maximum absolute atomic E-state index is 2.36. The van der Waals surface area contributed by atoms with Crippen molar-refractivity contribution in [2.45, 2.75) is 0 Å². The van der Waals surface area contributed by atoms with Crippen LogP contribution in [0.15, 0.2) is 170 Å². The van der Waals surface area contributed by atoms with Crippen molar-refractivity contribution in [1.82, 2.24) is 0 Å². The van der Waals surface area contributed by atoms with Crippen LogP contribution in [0.2, 0.25) is 0 Å². The minimum atomic E-state index is 1.22. The molecular weight excluding hydrogens is 528 g/mol. The number of hydrogen-bond donors (Lipinski definition) is 0. The minimum Gasteiger partial charge on any atom is -0.0622 e. The SMILES string of the molecule is c1ccc(-c2c(-c3ccccc3)c3c4c(ccc(-c5ccccc5)c4c2-c2ccccc2)-c2ccc4ccccc4c2-3)cc1. The number of rotatable bonds is 4. The van der Waals surface area contributed by atoms with Crippen molar-refractivity contribution in [3.63, 3.8) is 0 Å². The van der Waals surface area contributed by atoms with Crippen LogP contribution >= 0.6 is 0 Å². The topological polar surface area (TPSA) is 0 Å². The molecule has 0 unspecified atom stereocenters. The second-order valence-electron chi connectivity index (χ2n) is 11.6. The maximum atomic E-state index is 2.36. The number of benzene rings is 8. The molecule has 0 spiro atoms. The van der Waals surface area contributed by atoms with E-state index < -0.39 is 0 Å². The Balaban J connectivity index is 1.61. The lowest BCUT2D eigenvalue weighted by molar-refractivity contribution is 1.58. The van der Waals surface area contributed by atoms with Gasteiger partial charge in [-0.2, -0.15) is 0 Å². The Labute approximate surface area is 257 Å². The molecule has 0 atom stereocenters. The van der Waals surface area contributed by atoms with Gasteiger partial charge in [0.15, 0.2) is 0 Å². The fraction of sp³-hybridized carbons (Fsp3) is 0. The lowest BCUT2D eigenvalue weighted by Crippen LogP contribution is -1.97. The standard InChI is InChI=1S/C44H28/c1-5-15-29(16-6-1)35-27-28-37-36-26-25-30-17-13-14-24-34(30)41(36)44-40(33-22-11-4-12-23-33)38(31-18-7-2-8-19-31)39(42(35)43(37)44)32-20-9-3-10-21-32/h1-28H. The highest BCUT2D eigenvalue weighted by atomic mass is 14.3. The van der Waals surface area contributed by atoms with E-state index in [4.69, 9.17) is 0 Å². The predicted octanol–water partition coefficient (Wildman–Crippen LogP) is 12.3. The Bertz CT molecular complexity index is 2330. The third-order valence-electron chi connectivity index (χ3n) is 9.20. The summed E-state index contributed by atoms with van der Waals surface area (Å²) in [7, 11) is 0. The van der Waals surface area contributed by atoms with Crippen LogP contribution in [0.4, 0.5) is 0 Å². The lowest BCUT2D eigenvalue weighted by Gasteiger charge is -2.24. The van der Waals surface area contributed by atoms with Gasteiger partial charge in [0.05, 0.1) is 0 Å². The fourth-order valence-electron chi connectivity index (χ4n) is 7.40. The molecule has 0 saturated carbocycles. The fourth-order valence-corrected chi connectivity index (χ4v) is 7.40. The van der Waals surface area contributed by atoms with Gasteiger partial charge in [0.2, 0.25) is 0 Å². The summed E-state index contributed by atoms with van der Waals surface area (Å²) < 4.78 is 0. The van der Waals surface area contributed by atoms with E-state index >= 15 is 0 Å². The summed E-state index contributed by atoms with van der Waals surface area (Å²) in [6.45, 7) is 0. The number of fused-ring (bicyclic) bond motifs is 5. The molecule has 8 aromatic carbocycles. The summed E-state index contributed by atoms with van der Waals surface area (Å²) in [5.74, 6) is 0. The average Bonchev–Trinajstić information content (AvgIpc) is 3.45. The number of hydrogen-bond acceptors (Lipinski definition) is 0. The van der Waals surface area contributed by atoms with Gasteiger partial charge in [0.1, 0.15) is 0 Å². The van der Waals surface area contributed by atoms with E-state index in [1.54, 1.807) is 0 Å². The first-order valence-corrected chi connectivity index (χ1v) is 15.3. The molecule has 0 amide bonds. The van der Waals surface area contributed by atoms with Crippen molar-refractivity contribution in [2.75, 3.05) is 0 Å². The third kappa shape index (κ3) is 3.65. The average molecular weight is 557 g/mol. The normalized spacial score (nSPS) is 11.6. The minimum absolute atomic E-state index is 1.22. The van der Waals surface area contributed by atoms with Gasteiger partial charge in [-0.25, -0.2) is 0 Å². The van der Waals surface area contributed by atoms with Gasteiger partial charge in [-0.1, -0.05) is 170 Å². The van der Waals surface area contributed by atoms with Crippen molar-refractivity contribution < 1.29 is 0 Å². The lowest BCUT2D eigenvalue weighted by atomic mass is 9.78. The predicted molar refractivity (Wildman–Crippen MR) is 188 cm³/mol. The van der Waals surface area contributed by atoms with Gasteiger partial charge < -0.3 is 0 Å². The van der Waals surface area contributed by atoms with Gasteiger partial charge in [0.25, 0.3) is 0 Å². The molecular formula is C44H28. The van der Waals surface area contributed by atoms with E-state index in [9.17, 15) is 0 Å². The quantitative estimate of drug-likeness (QED) is 0.202. The van der Waals surface area contributed by atoms with Crippen LogP contribution in [-0.4, -0.2) is 0 Å². The zero-order valence-electron chi connectivity index (χ0n) is 24.2. The van der Waals surface area contributed by atoms with Crippen molar-refractivity contribution in [2.24, 2.45) is 0 Å². The first-order valence-electron chi connectivity index (χ1n) is 15.3. The highest BCUT2D eigenvalue weighted by Gasteiger charge is 2.33. The van der Waals surface area contributed by atoms with Crippen LogP contribution < -0.4 is 0 Å². The molecule has 8 aromatic rings. The molecule has 0 heterocycles. The zero-order chi connectivity index (χ0) is 29.0. The summed E-state index contributed by atoms with van der Waals surface area (Å²) in [4.78, 5) is 0. The second-order valence-corrected chi connectivity index (χ2v) is 11.6. The van der Waals surface area contributed by atoms with E-state index in [2.05, 4.69) is 170 Å². The van der Waals surface area contributed by atoms with E-state index in [1.165, 1.54) is 88.3 Å². The molecule has 0 N–H and O–H groups in total. The van der Waals surface area contributed by atoms with Gasteiger partial charge >= 0.3 is 0 Å². The molecule has 1 aliphatic carbocycles. The van der Waals surface area contributed by atoms with Crippen molar-refractivity contribution in [3.05, 3.63) is 170 Å². The third-order valence-corrected chi connectivity index (χ3v) is 9.20. The van der Waals surface area contributed by atoms with E-state index in [0.717, 1.165) is 0 Å². The van der Waals surface area contributed by atoms with E-state index in [1.807, 2.05) is 0 Å². The highest BCUT2D eigenvalue weighted by molar-refractivity contribution is 6.32. The van der Waals surface area contributed by atoms with Crippen molar-refractivity contribution >= 4 is 21.5 Å². The molecule has 44 heavy (non-hydrogen) atoms. The Morgan fingerprint density at radius 1 is 0.227 bits per heavy atom. The van der Waals surface area contributed by atoms with Gasteiger partial charge in [-0.15, -0.1) is 0 Å². The smallest absolute Gasteiger partial charge is 0.000116 e.